The van der Waals surface area contributed by atoms with Crippen molar-refractivity contribution in [2.75, 3.05) is 7.11 Å². The van der Waals surface area contributed by atoms with E-state index in [1.807, 2.05) is 32.9 Å². The van der Waals surface area contributed by atoms with Crippen molar-refractivity contribution in [2.24, 2.45) is 0 Å². The number of nitrogens with one attached hydrogen (secondary N) is 1. The highest BCUT2D eigenvalue weighted by Crippen LogP contribution is 2.32. The van der Waals surface area contributed by atoms with Crippen molar-refractivity contribution in [3.05, 3.63) is 39.2 Å². The second-order valence-electron chi connectivity index (χ2n) is 5.09. The number of rotatable bonds is 3. The number of benzene rings is 1. The fourth-order valence-electron chi connectivity index (χ4n) is 2.50. The molecule has 0 radical (unpaired) electrons. The number of aromatic nitrogens is 1. The Morgan fingerprint density at radius 1 is 1.35 bits per heavy atom. The summed E-state index contributed by atoms with van der Waals surface area (Å²) in [5.74, 6) is -0.759. The van der Waals surface area contributed by atoms with Crippen LogP contribution in [-0.4, -0.2) is 23.2 Å². The van der Waals surface area contributed by atoms with Gasteiger partial charge in [0.15, 0.2) is 0 Å². The molecule has 0 aliphatic heterocycles. The van der Waals surface area contributed by atoms with Crippen molar-refractivity contribution in [1.82, 2.24) is 4.98 Å². The summed E-state index contributed by atoms with van der Waals surface area (Å²) in [7, 11) is 1.52. The quantitative estimate of drug-likeness (QED) is 0.902. The number of fused-ring (bicyclic) bond motifs is 1. The molecule has 0 spiro atoms. The molecule has 0 saturated carbocycles. The summed E-state index contributed by atoms with van der Waals surface area (Å²) in [4.78, 5) is 26.1. The van der Waals surface area contributed by atoms with E-state index in [0.29, 0.717) is 22.2 Å². The normalized spacial score (nSPS) is 11.1. The highest BCUT2D eigenvalue weighted by molar-refractivity contribution is 5.98. The van der Waals surface area contributed by atoms with Crippen LogP contribution >= 0.6 is 0 Å². The van der Waals surface area contributed by atoms with Crippen LogP contribution in [0.15, 0.2) is 16.9 Å². The lowest BCUT2D eigenvalue weighted by atomic mass is 9.93. The van der Waals surface area contributed by atoms with Crippen molar-refractivity contribution in [3.63, 3.8) is 0 Å². The van der Waals surface area contributed by atoms with Gasteiger partial charge in [-0.05, 0) is 36.1 Å². The summed E-state index contributed by atoms with van der Waals surface area (Å²) in [6, 6.07) is 3.68. The maximum Gasteiger partial charge on any atom is 0.341 e. The van der Waals surface area contributed by atoms with Gasteiger partial charge in [-0.15, -0.1) is 0 Å². The lowest BCUT2D eigenvalue weighted by molar-refractivity contribution is 0.0693. The maximum atomic E-state index is 12.1. The minimum absolute atomic E-state index is 0.0857. The lowest BCUT2D eigenvalue weighted by Gasteiger charge is -2.15. The summed E-state index contributed by atoms with van der Waals surface area (Å²) in [5, 5.41) is 10.0. The van der Waals surface area contributed by atoms with Crippen LogP contribution in [0.2, 0.25) is 0 Å². The fourth-order valence-corrected chi connectivity index (χ4v) is 2.50. The highest BCUT2D eigenvalue weighted by atomic mass is 16.5. The fraction of sp³-hybridized carbons (Fsp3) is 0.333. The predicted octanol–water partition coefficient (Wildman–Crippen LogP) is 2.67. The molecule has 2 aromatic rings. The van der Waals surface area contributed by atoms with Gasteiger partial charge in [0.1, 0.15) is 11.3 Å². The Hall–Kier alpha value is -2.30. The van der Waals surface area contributed by atoms with Gasteiger partial charge in [-0.2, -0.15) is 0 Å². The Balaban J connectivity index is 3.06. The molecule has 0 saturated heterocycles. The molecule has 2 rings (SSSR count). The molecule has 0 aliphatic rings. The van der Waals surface area contributed by atoms with Crippen LogP contribution < -0.4 is 10.3 Å². The Morgan fingerprint density at radius 2 is 2.00 bits per heavy atom. The van der Waals surface area contributed by atoms with Gasteiger partial charge in [-0.3, -0.25) is 4.79 Å². The molecule has 20 heavy (non-hydrogen) atoms. The van der Waals surface area contributed by atoms with Crippen molar-refractivity contribution < 1.29 is 14.6 Å². The maximum absolute atomic E-state index is 12.1. The molecular weight excluding hydrogens is 258 g/mol. The number of carboxylic acid groups (broad SMARTS) is 1. The van der Waals surface area contributed by atoms with Gasteiger partial charge < -0.3 is 14.8 Å². The van der Waals surface area contributed by atoms with Crippen molar-refractivity contribution in [3.8, 4) is 5.75 Å². The lowest BCUT2D eigenvalue weighted by Crippen LogP contribution is -2.21. The summed E-state index contributed by atoms with van der Waals surface area (Å²) in [6.07, 6.45) is 0. The average molecular weight is 275 g/mol. The number of hydrogen-bond donors (Lipinski definition) is 2. The first kappa shape index (κ1) is 14.1. The van der Waals surface area contributed by atoms with Crippen LogP contribution in [0.25, 0.3) is 10.9 Å². The second kappa shape index (κ2) is 5.00. The van der Waals surface area contributed by atoms with Crippen LogP contribution in [0.1, 0.15) is 41.3 Å². The van der Waals surface area contributed by atoms with Gasteiger partial charge in [0.05, 0.1) is 12.6 Å². The van der Waals surface area contributed by atoms with E-state index in [4.69, 9.17) is 4.74 Å². The van der Waals surface area contributed by atoms with Gasteiger partial charge in [-0.25, -0.2) is 4.79 Å². The Morgan fingerprint density at radius 3 is 2.50 bits per heavy atom. The molecule has 0 fully saturated rings. The standard InChI is InChI=1S/C15H17NO4/c1-7(2)11-9-5-8(3)6-10(20-4)13(9)16-14(17)12(11)15(18)19/h5-7H,1-4H3,(H,16,17)(H,18,19). The summed E-state index contributed by atoms with van der Waals surface area (Å²) < 4.78 is 5.28. The minimum atomic E-state index is -1.21. The van der Waals surface area contributed by atoms with E-state index in [1.165, 1.54) is 7.11 Å². The molecule has 0 bridgehead atoms. The minimum Gasteiger partial charge on any atom is -0.495 e. The molecule has 0 unspecified atom stereocenters. The van der Waals surface area contributed by atoms with Crippen LogP contribution in [0.4, 0.5) is 0 Å². The highest BCUT2D eigenvalue weighted by Gasteiger charge is 2.22. The van der Waals surface area contributed by atoms with Crippen molar-refractivity contribution >= 4 is 16.9 Å². The van der Waals surface area contributed by atoms with E-state index in [0.717, 1.165) is 5.56 Å². The van der Waals surface area contributed by atoms with Gasteiger partial charge in [0, 0.05) is 5.39 Å². The van der Waals surface area contributed by atoms with Gasteiger partial charge >= 0.3 is 5.97 Å². The second-order valence-corrected chi connectivity index (χ2v) is 5.09. The van der Waals surface area contributed by atoms with Crippen LogP contribution in [-0.2, 0) is 0 Å². The third-order valence-electron chi connectivity index (χ3n) is 3.28. The third-order valence-corrected chi connectivity index (χ3v) is 3.28. The average Bonchev–Trinajstić information content (AvgIpc) is 2.36. The molecule has 1 aromatic carbocycles. The zero-order chi connectivity index (χ0) is 15.0. The molecule has 0 atom stereocenters. The summed E-state index contributed by atoms with van der Waals surface area (Å²) in [6.45, 7) is 5.64. The topological polar surface area (TPSA) is 79.4 Å². The Labute approximate surface area is 116 Å². The van der Waals surface area contributed by atoms with Gasteiger partial charge in [0.25, 0.3) is 5.56 Å². The number of carboxylic acids is 1. The molecule has 0 aliphatic carbocycles. The molecule has 106 valence electrons. The van der Waals surface area contributed by atoms with Crippen LogP contribution in [0.5, 0.6) is 5.75 Å². The molecule has 5 nitrogen and oxygen atoms in total. The number of aryl methyl sites for hydroxylation is 1. The smallest absolute Gasteiger partial charge is 0.341 e. The zero-order valence-electron chi connectivity index (χ0n) is 11.9. The summed E-state index contributed by atoms with van der Waals surface area (Å²) >= 11 is 0. The van der Waals surface area contributed by atoms with E-state index >= 15 is 0 Å². The molecule has 2 N–H and O–H groups in total. The van der Waals surface area contributed by atoms with E-state index in [1.54, 1.807) is 0 Å². The first-order chi connectivity index (χ1) is 9.36. The Kier molecular flexibility index (Phi) is 3.53. The number of H-pyrrole nitrogens is 1. The number of aromatic carboxylic acids is 1. The first-order valence-corrected chi connectivity index (χ1v) is 6.34. The molecule has 5 heteroatoms. The zero-order valence-corrected chi connectivity index (χ0v) is 11.9. The Bertz CT molecular complexity index is 744. The number of methoxy groups -OCH3 is 1. The van der Waals surface area contributed by atoms with E-state index in [-0.39, 0.29) is 11.5 Å². The first-order valence-electron chi connectivity index (χ1n) is 6.34. The number of hydrogen-bond acceptors (Lipinski definition) is 3. The van der Waals surface area contributed by atoms with E-state index in [9.17, 15) is 14.7 Å². The van der Waals surface area contributed by atoms with Crippen LogP contribution in [0, 0.1) is 6.92 Å². The van der Waals surface area contributed by atoms with Gasteiger partial charge in [0.2, 0.25) is 0 Å². The number of carbonyl (C=O) groups is 1. The van der Waals surface area contributed by atoms with Crippen molar-refractivity contribution in [1.29, 1.82) is 0 Å². The largest absolute Gasteiger partial charge is 0.495 e. The molecule has 1 heterocycles. The number of aromatic amines is 1. The predicted molar refractivity (Wildman–Crippen MR) is 76.9 cm³/mol. The third kappa shape index (κ3) is 2.15. The van der Waals surface area contributed by atoms with E-state index < -0.39 is 11.5 Å². The number of ether oxygens (including phenoxy) is 1. The SMILES string of the molecule is COc1cc(C)cc2c(C(C)C)c(C(=O)O)c(=O)[nH]c12. The monoisotopic (exact) mass is 275 g/mol. The number of pyridine rings is 1. The van der Waals surface area contributed by atoms with Gasteiger partial charge in [-0.1, -0.05) is 13.8 Å². The molecular formula is C15H17NO4. The van der Waals surface area contributed by atoms with Crippen LogP contribution in [0.3, 0.4) is 0 Å². The van der Waals surface area contributed by atoms with Crippen molar-refractivity contribution in [2.45, 2.75) is 26.7 Å². The molecule has 0 amide bonds. The van der Waals surface area contributed by atoms with E-state index in [2.05, 4.69) is 4.98 Å². The molecule has 1 aromatic heterocycles. The summed E-state index contributed by atoms with van der Waals surface area (Å²) in [5.41, 5.74) is 1.23.